The van der Waals surface area contributed by atoms with Crippen LogP contribution in [0.2, 0.25) is 0 Å². The maximum atomic E-state index is 12.9. The second-order valence-corrected chi connectivity index (χ2v) is 7.56. The SMILES string of the molecule is CCC.O=C(O)CNSc1ccc(-c2ccc(OC(=O)Nc3ccc(F)cc3)cc2)cc1. The molecule has 0 radical (unpaired) electrons. The summed E-state index contributed by atoms with van der Waals surface area (Å²) in [6, 6.07) is 20.0. The highest BCUT2D eigenvalue weighted by molar-refractivity contribution is 7.97. The van der Waals surface area contributed by atoms with Gasteiger partial charge in [0.1, 0.15) is 18.1 Å². The zero-order chi connectivity index (χ0) is 23.3. The Kier molecular flexibility index (Phi) is 10.2. The Hall–Kier alpha value is -3.36. The molecular weight excluding hydrogens is 431 g/mol. The molecule has 0 unspecified atom stereocenters. The van der Waals surface area contributed by atoms with Crippen LogP contribution in [0.1, 0.15) is 20.3 Å². The molecule has 168 valence electrons. The van der Waals surface area contributed by atoms with E-state index in [1.807, 2.05) is 36.4 Å². The van der Waals surface area contributed by atoms with Gasteiger partial charge >= 0.3 is 12.1 Å². The summed E-state index contributed by atoms with van der Waals surface area (Å²) in [6.45, 7) is 4.13. The predicted molar refractivity (Wildman–Crippen MR) is 125 cm³/mol. The van der Waals surface area contributed by atoms with Crippen LogP contribution in [0.3, 0.4) is 0 Å². The van der Waals surface area contributed by atoms with Crippen molar-refractivity contribution in [1.82, 2.24) is 4.72 Å². The molecule has 3 rings (SSSR count). The van der Waals surface area contributed by atoms with Crippen molar-refractivity contribution in [2.45, 2.75) is 25.2 Å². The van der Waals surface area contributed by atoms with E-state index in [2.05, 4.69) is 23.9 Å². The van der Waals surface area contributed by atoms with Crippen molar-refractivity contribution >= 4 is 29.7 Å². The maximum absolute atomic E-state index is 12.9. The number of benzene rings is 3. The molecule has 0 aliphatic carbocycles. The van der Waals surface area contributed by atoms with Crippen molar-refractivity contribution in [1.29, 1.82) is 0 Å². The summed E-state index contributed by atoms with van der Waals surface area (Å²) in [7, 11) is 0. The van der Waals surface area contributed by atoms with Crippen LogP contribution < -0.4 is 14.8 Å². The Morgan fingerprint density at radius 1 is 0.906 bits per heavy atom. The maximum Gasteiger partial charge on any atom is 0.417 e. The molecule has 0 saturated carbocycles. The van der Waals surface area contributed by atoms with Crippen molar-refractivity contribution in [2.75, 3.05) is 11.9 Å². The molecule has 3 aromatic carbocycles. The van der Waals surface area contributed by atoms with Gasteiger partial charge in [-0.05, 0) is 71.6 Å². The van der Waals surface area contributed by atoms with E-state index in [1.165, 1.54) is 42.6 Å². The van der Waals surface area contributed by atoms with Crippen LogP contribution in [-0.4, -0.2) is 23.7 Å². The Morgan fingerprint density at radius 3 is 1.97 bits per heavy atom. The first-order chi connectivity index (χ1) is 15.4. The Labute approximate surface area is 190 Å². The molecule has 0 aliphatic rings. The monoisotopic (exact) mass is 456 g/mol. The average molecular weight is 457 g/mol. The molecule has 0 aliphatic heterocycles. The minimum atomic E-state index is -0.914. The number of aliphatic carboxylic acids is 1. The van der Waals surface area contributed by atoms with Crippen molar-refractivity contribution in [3.8, 4) is 16.9 Å². The summed E-state index contributed by atoms with van der Waals surface area (Å²) in [5.41, 5.74) is 2.34. The number of halogens is 1. The van der Waals surface area contributed by atoms with E-state index >= 15 is 0 Å². The van der Waals surface area contributed by atoms with E-state index in [0.717, 1.165) is 16.0 Å². The first-order valence-electron chi connectivity index (χ1n) is 9.97. The van der Waals surface area contributed by atoms with Crippen molar-refractivity contribution in [2.24, 2.45) is 0 Å². The van der Waals surface area contributed by atoms with Gasteiger partial charge < -0.3 is 9.84 Å². The van der Waals surface area contributed by atoms with Gasteiger partial charge in [-0.25, -0.2) is 13.9 Å². The largest absolute Gasteiger partial charge is 0.480 e. The van der Waals surface area contributed by atoms with E-state index < -0.39 is 12.1 Å². The standard InChI is InChI=1S/C21H17FN2O4S.C3H8/c22-16-5-7-17(8-6-16)24-21(27)28-18-9-1-14(2-10-18)15-3-11-19(12-4-15)29-23-13-20(25)26;1-3-2/h1-12,23H,13H2,(H,24,27)(H,25,26);3H2,1-2H3. The van der Waals surface area contributed by atoms with Gasteiger partial charge in [0.25, 0.3) is 0 Å². The second-order valence-electron chi connectivity index (χ2n) is 6.59. The normalized spacial score (nSPS) is 9.97. The van der Waals surface area contributed by atoms with Gasteiger partial charge in [0, 0.05) is 10.6 Å². The molecule has 0 heterocycles. The third-order valence-electron chi connectivity index (χ3n) is 3.76. The minimum absolute atomic E-state index is 0.122. The van der Waals surface area contributed by atoms with Crippen molar-refractivity contribution in [3.63, 3.8) is 0 Å². The number of carboxylic acid groups (broad SMARTS) is 1. The number of hydrogen-bond donors (Lipinski definition) is 3. The van der Waals surface area contributed by atoms with Crippen LogP contribution in [0, 0.1) is 5.82 Å². The Balaban J connectivity index is 0.00000114. The summed E-state index contributed by atoms with van der Waals surface area (Å²) in [4.78, 5) is 23.3. The number of carbonyl (C=O) groups excluding carboxylic acids is 1. The van der Waals surface area contributed by atoms with E-state index in [-0.39, 0.29) is 12.4 Å². The summed E-state index contributed by atoms with van der Waals surface area (Å²) in [5.74, 6) is -0.927. The van der Waals surface area contributed by atoms with E-state index in [0.29, 0.717) is 11.4 Å². The highest BCUT2D eigenvalue weighted by Crippen LogP contribution is 2.25. The van der Waals surface area contributed by atoms with E-state index in [1.54, 1.807) is 12.1 Å². The van der Waals surface area contributed by atoms with Gasteiger partial charge in [-0.3, -0.25) is 10.1 Å². The van der Waals surface area contributed by atoms with Crippen LogP contribution in [-0.2, 0) is 4.79 Å². The van der Waals surface area contributed by atoms with Gasteiger partial charge in [-0.2, -0.15) is 0 Å². The topological polar surface area (TPSA) is 87.7 Å². The van der Waals surface area contributed by atoms with E-state index in [4.69, 9.17) is 9.84 Å². The highest BCUT2D eigenvalue weighted by Gasteiger charge is 2.06. The molecule has 0 bridgehead atoms. The molecule has 3 N–H and O–H groups in total. The molecule has 0 saturated heterocycles. The van der Waals surface area contributed by atoms with Gasteiger partial charge in [-0.15, -0.1) is 0 Å². The fourth-order valence-electron chi connectivity index (χ4n) is 2.40. The van der Waals surface area contributed by atoms with Crippen molar-refractivity contribution in [3.05, 3.63) is 78.6 Å². The average Bonchev–Trinajstić information content (AvgIpc) is 2.77. The number of anilines is 1. The number of rotatable bonds is 7. The van der Waals surface area contributed by atoms with Crippen LogP contribution in [0.25, 0.3) is 11.1 Å². The number of carboxylic acids is 1. The molecule has 0 spiro atoms. The molecule has 0 fully saturated rings. The molecule has 0 aromatic heterocycles. The fraction of sp³-hybridized carbons (Fsp3) is 0.167. The lowest BCUT2D eigenvalue weighted by molar-refractivity contribution is -0.135. The summed E-state index contributed by atoms with van der Waals surface area (Å²) < 4.78 is 20.9. The fourth-order valence-corrected chi connectivity index (χ4v) is 3.03. The minimum Gasteiger partial charge on any atom is -0.480 e. The number of ether oxygens (including phenoxy) is 1. The molecule has 1 amide bonds. The third kappa shape index (κ3) is 8.79. The van der Waals surface area contributed by atoms with E-state index in [9.17, 15) is 14.0 Å². The Morgan fingerprint density at radius 2 is 1.44 bits per heavy atom. The molecule has 32 heavy (non-hydrogen) atoms. The summed E-state index contributed by atoms with van der Waals surface area (Å²) in [6.07, 6.45) is 0.583. The van der Waals surface area contributed by atoms with Crippen molar-refractivity contribution < 1.29 is 23.8 Å². The quantitative estimate of drug-likeness (QED) is 0.367. The van der Waals surface area contributed by atoms with Crippen LogP contribution in [0.5, 0.6) is 5.75 Å². The predicted octanol–water partition coefficient (Wildman–Crippen LogP) is 6.20. The third-order valence-corrected chi connectivity index (χ3v) is 4.55. The lowest BCUT2D eigenvalue weighted by Gasteiger charge is -2.08. The van der Waals surface area contributed by atoms with Gasteiger partial charge in [0.2, 0.25) is 0 Å². The molecule has 0 atom stereocenters. The number of carbonyl (C=O) groups is 2. The van der Waals surface area contributed by atoms with Crippen LogP contribution >= 0.6 is 11.9 Å². The van der Waals surface area contributed by atoms with Gasteiger partial charge in [0.15, 0.2) is 0 Å². The number of hydrogen-bond acceptors (Lipinski definition) is 5. The smallest absolute Gasteiger partial charge is 0.417 e. The number of amides is 1. The number of nitrogens with one attached hydrogen (secondary N) is 2. The van der Waals surface area contributed by atoms with Crippen LogP contribution in [0.4, 0.5) is 14.9 Å². The molecule has 6 nitrogen and oxygen atoms in total. The molecular formula is C24H25FN2O4S. The summed E-state index contributed by atoms with van der Waals surface area (Å²) in [5, 5.41) is 11.1. The second kappa shape index (κ2) is 13.1. The zero-order valence-electron chi connectivity index (χ0n) is 17.8. The van der Waals surface area contributed by atoms with Crippen LogP contribution in [0.15, 0.2) is 77.7 Å². The zero-order valence-corrected chi connectivity index (χ0v) is 18.6. The lowest BCUT2D eigenvalue weighted by Crippen LogP contribution is -2.16. The highest BCUT2D eigenvalue weighted by atomic mass is 32.2. The first kappa shape index (κ1) is 24.9. The first-order valence-corrected chi connectivity index (χ1v) is 10.8. The van der Waals surface area contributed by atoms with Gasteiger partial charge in [0.05, 0.1) is 0 Å². The molecule has 3 aromatic rings. The Bertz CT molecular complexity index is 994. The molecule has 8 heteroatoms. The summed E-state index contributed by atoms with van der Waals surface area (Å²) >= 11 is 1.25. The van der Waals surface area contributed by atoms with Gasteiger partial charge in [-0.1, -0.05) is 44.5 Å². The lowest BCUT2D eigenvalue weighted by atomic mass is 10.1.